The summed E-state index contributed by atoms with van der Waals surface area (Å²) in [6.07, 6.45) is 2.08. The Morgan fingerprint density at radius 2 is 2.08 bits per heavy atom. The molecule has 2 heterocycles. The van der Waals surface area contributed by atoms with Crippen molar-refractivity contribution in [2.45, 2.75) is 38.9 Å². The van der Waals surface area contributed by atoms with Gasteiger partial charge in [-0.15, -0.1) is 0 Å². The molecule has 1 aromatic heterocycles. The van der Waals surface area contributed by atoms with Crippen molar-refractivity contribution < 1.29 is 19.2 Å². The number of urea groups is 1. The zero-order valence-electron chi connectivity index (χ0n) is 14.2. The molecule has 25 heavy (non-hydrogen) atoms. The van der Waals surface area contributed by atoms with Crippen molar-refractivity contribution >= 4 is 23.6 Å². The van der Waals surface area contributed by atoms with Crippen LogP contribution in [0.5, 0.6) is 0 Å². The van der Waals surface area contributed by atoms with Crippen LogP contribution < -0.4 is 21.3 Å². The molecule has 0 radical (unpaired) electrons. The van der Waals surface area contributed by atoms with Gasteiger partial charge in [-0.2, -0.15) is 0 Å². The van der Waals surface area contributed by atoms with Gasteiger partial charge in [0.15, 0.2) is 0 Å². The largest absolute Gasteiger partial charge is 0.364 e. The van der Waals surface area contributed by atoms with Crippen molar-refractivity contribution in [2.24, 2.45) is 5.92 Å². The first-order chi connectivity index (χ1) is 11.9. The minimum absolute atomic E-state index is 0.191. The molecule has 136 valence electrons. The molecule has 5 N–H and O–H groups in total. The zero-order valence-corrected chi connectivity index (χ0v) is 14.2. The Labute approximate surface area is 145 Å². The standard InChI is InChI=1S/C16H23N5O4/c1-9(2)12(21-16(25)19-8-10-4-3-6-17-10)14(23)20-11-5-7-18-15(24)13(11)22/h3-4,6,9,11-12,17H,5,7-8H2,1-2H3,(H,18,24)(H,20,23)(H2,19,21,25). The number of carbonyl (C=O) groups is 4. The molecule has 1 fully saturated rings. The number of ketones is 1. The molecule has 1 aromatic rings. The van der Waals surface area contributed by atoms with Gasteiger partial charge in [-0.05, 0) is 24.5 Å². The third-order valence-electron chi connectivity index (χ3n) is 3.91. The lowest BCUT2D eigenvalue weighted by molar-refractivity contribution is -0.142. The molecule has 2 unspecified atom stereocenters. The van der Waals surface area contributed by atoms with Crippen LogP contribution in [-0.2, 0) is 20.9 Å². The molecule has 1 aliphatic heterocycles. The molecule has 1 saturated heterocycles. The van der Waals surface area contributed by atoms with E-state index in [0.29, 0.717) is 19.5 Å². The van der Waals surface area contributed by atoms with Crippen LogP contribution in [0.4, 0.5) is 4.79 Å². The zero-order chi connectivity index (χ0) is 18.4. The third-order valence-corrected chi connectivity index (χ3v) is 3.91. The van der Waals surface area contributed by atoms with Crippen LogP contribution in [0.2, 0.25) is 0 Å². The lowest BCUT2D eigenvalue weighted by atomic mass is 10.0. The number of carbonyl (C=O) groups excluding carboxylic acids is 4. The molecule has 2 atom stereocenters. The van der Waals surface area contributed by atoms with Crippen LogP contribution in [0.25, 0.3) is 0 Å². The minimum Gasteiger partial charge on any atom is -0.364 e. The number of aromatic nitrogens is 1. The van der Waals surface area contributed by atoms with E-state index < -0.39 is 35.7 Å². The number of piperidine rings is 1. The fraction of sp³-hybridized carbons (Fsp3) is 0.500. The van der Waals surface area contributed by atoms with Gasteiger partial charge in [0, 0.05) is 18.4 Å². The van der Waals surface area contributed by atoms with Gasteiger partial charge in [-0.1, -0.05) is 13.8 Å². The summed E-state index contributed by atoms with van der Waals surface area (Å²) in [7, 11) is 0. The SMILES string of the molecule is CC(C)C(NC(=O)NCc1ccc[nH]1)C(=O)NC1CCNC(=O)C1=O. The van der Waals surface area contributed by atoms with Gasteiger partial charge in [0.25, 0.3) is 5.91 Å². The molecule has 2 rings (SSSR count). The molecule has 1 aliphatic rings. The highest BCUT2D eigenvalue weighted by Gasteiger charge is 2.33. The van der Waals surface area contributed by atoms with E-state index in [1.165, 1.54) is 0 Å². The van der Waals surface area contributed by atoms with Gasteiger partial charge in [-0.25, -0.2) is 4.79 Å². The van der Waals surface area contributed by atoms with E-state index in [2.05, 4.69) is 26.3 Å². The molecular weight excluding hydrogens is 326 g/mol. The van der Waals surface area contributed by atoms with Crippen molar-refractivity contribution in [1.29, 1.82) is 0 Å². The number of rotatable bonds is 6. The van der Waals surface area contributed by atoms with E-state index in [4.69, 9.17) is 0 Å². The van der Waals surface area contributed by atoms with Gasteiger partial charge in [0.1, 0.15) is 6.04 Å². The Kier molecular flexibility index (Phi) is 6.15. The highest BCUT2D eigenvalue weighted by molar-refractivity contribution is 6.39. The van der Waals surface area contributed by atoms with Crippen LogP contribution in [0, 0.1) is 5.92 Å². The van der Waals surface area contributed by atoms with E-state index in [1.807, 2.05) is 12.1 Å². The number of hydrogen-bond donors (Lipinski definition) is 5. The Hall–Kier alpha value is -2.84. The number of aromatic amines is 1. The molecule has 9 nitrogen and oxygen atoms in total. The quantitative estimate of drug-likeness (QED) is 0.439. The van der Waals surface area contributed by atoms with Crippen LogP contribution in [0.3, 0.4) is 0 Å². The summed E-state index contributed by atoms with van der Waals surface area (Å²) < 4.78 is 0. The van der Waals surface area contributed by atoms with E-state index in [-0.39, 0.29) is 5.92 Å². The summed E-state index contributed by atoms with van der Waals surface area (Å²) in [4.78, 5) is 50.6. The fourth-order valence-corrected chi connectivity index (χ4v) is 2.49. The molecule has 0 spiro atoms. The number of hydrogen-bond acceptors (Lipinski definition) is 4. The summed E-state index contributed by atoms with van der Waals surface area (Å²) in [5, 5.41) is 10.2. The molecule has 9 heteroatoms. The highest BCUT2D eigenvalue weighted by atomic mass is 16.2. The Bertz CT molecular complexity index is 641. The van der Waals surface area contributed by atoms with E-state index in [9.17, 15) is 19.2 Å². The first-order valence-electron chi connectivity index (χ1n) is 8.17. The van der Waals surface area contributed by atoms with Crippen molar-refractivity contribution in [3.05, 3.63) is 24.0 Å². The van der Waals surface area contributed by atoms with E-state index in [0.717, 1.165) is 5.69 Å². The van der Waals surface area contributed by atoms with Gasteiger partial charge in [-0.3, -0.25) is 14.4 Å². The van der Waals surface area contributed by atoms with E-state index >= 15 is 0 Å². The second-order valence-corrected chi connectivity index (χ2v) is 6.21. The Morgan fingerprint density at radius 3 is 2.72 bits per heavy atom. The van der Waals surface area contributed by atoms with Gasteiger partial charge < -0.3 is 26.3 Å². The first-order valence-corrected chi connectivity index (χ1v) is 8.17. The average Bonchev–Trinajstić information content (AvgIpc) is 3.08. The lowest BCUT2D eigenvalue weighted by Crippen LogP contribution is -2.58. The fourth-order valence-electron chi connectivity index (χ4n) is 2.49. The van der Waals surface area contributed by atoms with Crippen molar-refractivity contribution in [2.75, 3.05) is 6.54 Å². The van der Waals surface area contributed by atoms with Crippen LogP contribution in [-0.4, -0.2) is 47.2 Å². The van der Waals surface area contributed by atoms with Crippen LogP contribution in [0.1, 0.15) is 26.0 Å². The summed E-state index contributed by atoms with van der Waals surface area (Å²) in [5.74, 6) is -2.05. The predicted molar refractivity (Wildman–Crippen MR) is 89.4 cm³/mol. The summed E-state index contributed by atoms with van der Waals surface area (Å²) in [5.41, 5.74) is 0.833. The Morgan fingerprint density at radius 1 is 1.32 bits per heavy atom. The second-order valence-electron chi connectivity index (χ2n) is 6.21. The molecular formula is C16H23N5O4. The van der Waals surface area contributed by atoms with Gasteiger partial charge in [0.05, 0.1) is 12.6 Å². The topological polar surface area (TPSA) is 132 Å². The monoisotopic (exact) mass is 349 g/mol. The molecule has 0 aliphatic carbocycles. The predicted octanol–water partition coefficient (Wildman–Crippen LogP) is -0.588. The van der Waals surface area contributed by atoms with Crippen LogP contribution >= 0.6 is 0 Å². The highest BCUT2D eigenvalue weighted by Crippen LogP contribution is 2.06. The van der Waals surface area contributed by atoms with Crippen molar-refractivity contribution in [3.63, 3.8) is 0 Å². The lowest BCUT2D eigenvalue weighted by Gasteiger charge is -2.26. The van der Waals surface area contributed by atoms with Gasteiger partial charge in [0.2, 0.25) is 11.7 Å². The molecule has 0 saturated carbocycles. The third kappa shape index (κ3) is 5.07. The molecule has 0 aromatic carbocycles. The minimum atomic E-state index is -0.855. The Balaban J connectivity index is 1.90. The van der Waals surface area contributed by atoms with Gasteiger partial charge >= 0.3 is 6.03 Å². The number of amides is 4. The smallest absolute Gasteiger partial charge is 0.315 e. The summed E-state index contributed by atoms with van der Waals surface area (Å²) >= 11 is 0. The van der Waals surface area contributed by atoms with E-state index in [1.54, 1.807) is 20.0 Å². The maximum absolute atomic E-state index is 12.4. The van der Waals surface area contributed by atoms with Crippen molar-refractivity contribution in [3.8, 4) is 0 Å². The molecule has 4 amide bonds. The normalized spacial score (nSPS) is 18.4. The maximum Gasteiger partial charge on any atom is 0.315 e. The first kappa shape index (κ1) is 18.5. The average molecular weight is 349 g/mol. The summed E-state index contributed by atoms with van der Waals surface area (Å²) in [6, 6.07) is 1.48. The number of Topliss-reactive ketones (excluding diaryl/α,β-unsaturated/α-hetero) is 1. The number of nitrogens with one attached hydrogen (secondary N) is 5. The maximum atomic E-state index is 12.4. The number of H-pyrrole nitrogens is 1. The van der Waals surface area contributed by atoms with Crippen LogP contribution in [0.15, 0.2) is 18.3 Å². The summed E-state index contributed by atoms with van der Waals surface area (Å²) in [6.45, 7) is 4.19. The van der Waals surface area contributed by atoms with Crippen molar-refractivity contribution in [1.82, 2.24) is 26.3 Å². The molecule has 0 bridgehead atoms. The second kappa shape index (κ2) is 8.32.